The van der Waals surface area contributed by atoms with E-state index in [1.165, 1.54) is 12.8 Å². The van der Waals surface area contributed by atoms with E-state index in [0.29, 0.717) is 63.9 Å². The molecule has 1 fully saturated rings. The van der Waals surface area contributed by atoms with E-state index in [9.17, 15) is 9.59 Å². The first-order valence-corrected chi connectivity index (χ1v) is 15.1. The molecule has 40 heavy (non-hydrogen) atoms. The van der Waals surface area contributed by atoms with Crippen LogP contribution in [0.25, 0.3) is 0 Å². The summed E-state index contributed by atoms with van der Waals surface area (Å²) < 4.78 is 33.5. The standard InChI is InChI=1S/C31H49NO8/c1-3-4-5-6-7-10-27(33)21-26(23-32-13-8-9-14-32)31(25-11-12-28-29(22-25)39-20-19-38-28)40-30(34)24-37-18-17-36-16-15-35-2/h11-12,22,26,31H,3-10,13-21,23-24H2,1-2H3/t26-,31-/m1/s1. The highest BCUT2D eigenvalue weighted by atomic mass is 16.6. The highest BCUT2D eigenvalue weighted by Crippen LogP contribution is 2.38. The third kappa shape index (κ3) is 11.7. The number of benzene rings is 1. The van der Waals surface area contributed by atoms with Crippen LogP contribution < -0.4 is 9.47 Å². The zero-order valence-electron chi connectivity index (χ0n) is 24.5. The van der Waals surface area contributed by atoms with Crippen LogP contribution in [0.1, 0.15) is 76.4 Å². The highest BCUT2D eigenvalue weighted by molar-refractivity contribution is 5.79. The number of carbonyl (C=O) groups excluding carboxylic acids is 2. The number of likely N-dealkylation sites (tertiary alicyclic amines) is 1. The fourth-order valence-electron chi connectivity index (χ4n) is 5.25. The highest BCUT2D eigenvalue weighted by Gasteiger charge is 2.32. The molecular weight excluding hydrogens is 514 g/mol. The first kappa shape index (κ1) is 32.3. The van der Waals surface area contributed by atoms with Crippen LogP contribution in [0.15, 0.2) is 18.2 Å². The average Bonchev–Trinajstić information content (AvgIpc) is 3.48. The van der Waals surface area contributed by atoms with Gasteiger partial charge in [0.05, 0.1) is 26.4 Å². The van der Waals surface area contributed by atoms with E-state index >= 15 is 0 Å². The van der Waals surface area contributed by atoms with Gasteiger partial charge in [-0.3, -0.25) is 4.79 Å². The summed E-state index contributed by atoms with van der Waals surface area (Å²) in [6.07, 6.45) is 8.14. The predicted molar refractivity (Wildman–Crippen MR) is 152 cm³/mol. The molecule has 0 aromatic heterocycles. The Labute approximate surface area is 239 Å². The number of hydrogen-bond donors (Lipinski definition) is 0. The normalized spacial score (nSPS) is 16.6. The second kappa shape index (κ2) is 19.0. The van der Waals surface area contributed by atoms with Crippen LogP contribution in [-0.2, 0) is 28.5 Å². The third-order valence-electron chi connectivity index (χ3n) is 7.35. The summed E-state index contributed by atoms with van der Waals surface area (Å²) in [6.45, 7) is 7.29. The lowest BCUT2D eigenvalue weighted by atomic mass is 9.89. The van der Waals surface area contributed by atoms with E-state index in [1.54, 1.807) is 7.11 Å². The van der Waals surface area contributed by atoms with Gasteiger partial charge in [0.2, 0.25) is 0 Å². The number of Topliss-reactive ketones (excluding diaryl/α,β-unsaturated/α-hetero) is 1. The molecule has 2 atom stereocenters. The van der Waals surface area contributed by atoms with Crippen LogP contribution in [0.2, 0.25) is 0 Å². The molecule has 226 valence electrons. The van der Waals surface area contributed by atoms with Gasteiger partial charge in [0, 0.05) is 32.4 Å². The van der Waals surface area contributed by atoms with E-state index in [4.69, 9.17) is 28.4 Å². The minimum absolute atomic E-state index is 0.176. The molecular formula is C31H49NO8. The first-order valence-electron chi connectivity index (χ1n) is 15.1. The smallest absolute Gasteiger partial charge is 0.332 e. The van der Waals surface area contributed by atoms with E-state index in [-0.39, 0.29) is 24.9 Å². The molecule has 1 aromatic carbocycles. The van der Waals surface area contributed by atoms with Crippen molar-refractivity contribution in [1.82, 2.24) is 4.90 Å². The Morgan fingerprint density at radius 3 is 2.42 bits per heavy atom. The van der Waals surface area contributed by atoms with Gasteiger partial charge < -0.3 is 33.3 Å². The molecule has 0 spiro atoms. The summed E-state index contributed by atoms with van der Waals surface area (Å²) in [4.78, 5) is 28.6. The van der Waals surface area contributed by atoms with Crippen LogP contribution in [0.3, 0.4) is 0 Å². The number of nitrogens with zero attached hydrogens (tertiary/aromatic N) is 1. The number of esters is 1. The third-order valence-corrected chi connectivity index (χ3v) is 7.35. The van der Waals surface area contributed by atoms with Crippen molar-refractivity contribution < 1.29 is 38.0 Å². The fraction of sp³-hybridized carbons (Fsp3) is 0.742. The number of unbranched alkanes of at least 4 members (excludes halogenated alkanes) is 4. The molecule has 0 radical (unpaired) electrons. The molecule has 1 aromatic rings. The lowest BCUT2D eigenvalue weighted by Gasteiger charge is -2.31. The molecule has 0 bridgehead atoms. The molecule has 9 nitrogen and oxygen atoms in total. The van der Waals surface area contributed by atoms with Gasteiger partial charge in [-0.1, -0.05) is 38.7 Å². The van der Waals surface area contributed by atoms with Gasteiger partial charge in [0.15, 0.2) is 11.5 Å². The van der Waals surface area contributed by atoms with Crippen molar-refractivity contribution in [1.29, 1.82) is 0 Å². The number of ketones is 1. The number of carbonyl (C=O) groups is 2. The number of ether oxygens (including phenoxy) is 6. The van der Waals surface area contributed by atoms with Gasteiger partial charge >= 0.3 is 5.97 Å². The van der Waals surface area contributed by atoms with Gasteiger partial charge in [0.25, 0.3) is 0 Å². The van der Waals surface area contributed by atoms with E-state index in [1.807, 2.05) is 18.2 Å². The molecule has 9 heteroatoms. The number of rotatable bonds is 21. The minimum Gasteiger partial charge on any atom is -0.486 e. The summed E-state index contributed by atoms with van der Waals surface area (Å²) in [5.41, 5.74) is 0.806. The van der Waals surface area contributed by atoms with Gasteiger partial charge in [-0.25, -0.2) is 4.79 Å². The van der Waals surface area contributed by atoms with Gasteiger partial charge in [0.1, 0.15) is 31.7 Å². The number of fused-ring (bicyclic) bond motifs is 1. The van der Waals surface area contributed by atoms with Crippen molar-refractivity contribution in [3.05, 3.63) is 23.8 Å². The molecule has 2 aliphatic rings. The summed E-state index contributed by atoms with van der Waals surface area (Å²) in [5.74, 6) is 0.900. The molecule has 0 amide bonds. The van der Waals surface area contributed by atoms with Crippen molar-refractivity contribution in [3.8, 4) is 11.5 Å². The van der Waals surface area contributed by atoms with Crippen LogP contribution in [0.4, 0.5) is 0 Å². The van der Waals surface area contributed by atoms with Crippen molar-refractivity contribution in [2.75, 3.05) is 73.0 Å². The van der Waals surface area contributed by atoms with Gasteiger partial charge in [-0.15, -0.1) is 0 Å². The van der Waals surface area contributed by atoms with Gasteiger partial charge in [-0.05, 0) is 50.0 Å². The van der Waals surface area contributed by atoms with Crippen molar-refractivity contribution in [3.63, 3.8) is 0 Å². The summed E-state index contributed by atoms with van der Waals surface area (Å²) in [5, 5.41) is 0. The summed E-state index contributed by atoms with van der Waals surface area (Å²) >= 11 is 0. The largest absolute Gasteiger partial charge is 0.486 e. The molecule has 1 saturated heterocycles. The lowest BCUT2D eigenvalue weighted by molar-refractivity contribution is -0.159. The van der Waals surface area contributed by atoms with Crippen LogP contribution >= 0.6 is 0 Å². The van der Waals surface area contributed by atoms with E-state index in [0.717, 1.165) is 50.8 Å². The zero-order chi connectivity index (χ0) is 28.4. The van der Waals surface area contributed by atoms with E-state index < -0.39 is 12.1 Å². The monoisotopic (exact) mass is 563 g/mol. The Balaban J connectivity index is 1.70. The molecule has 2 heterocycles. The summed E-state index contributed by atoms with van der Waals surface area (Å²) in [7, 11) is 1.62. The lowest BCUT2D eigenvalue weighted by Crippen LogP contribution is -2.34. The zero-order valence-corrected chi connectivity index (χ0v) is 24.5. The van der Waals surface area contributed by atoms with Crippen molar-refractivity contribution in [2.45, 2.75) is 70.8 Å². The second-order valence-corrected chi connectivity index (χ2v) is 10.6. The first-order chi connectivity index (χ1) is 19.6. The Morgan fingerprint density at radius 1 is 0.925 bits per heavy atom. The maximum Gasteiger partial charge on any atom is 0.332 e. The van der Waals surface area contributed by atoms with Crippen molar-refractivity contribution in [2.24, 2.45) is 5.92 Å². The van der Waals surface area contributed by atoms with E-state index in [2.05, 4.69) is 11.8 Å². The Morgan fingerprint density at radius 2 is 1.65 bits per heavy atom. The Hall–Kier alpha value is -2.20. The van der Waals surface area contributed by atoms with Crippen LogP contribution in [0, 0.1) is 5.92 Å². The topological polar surface area (TPSA) is 92.8 Å². The second-order valence-electron chi connectivity index (χ2n) is 10.6. The molecule has 0 saturated carbocycles. The molecule has 0 N–H and O–H groups in total. The number of methoxy groups -OCH3 is 1. The number of hydrogen-bond acceptors (Lipinski definition) is 9. The molecule has 0 aliphatic carbocycles. The Bertz CT molecular complexity index is 873. The summed E-state index contributed by atoms with van der Waals surface area (Å²) in [6, 6.07) is 5.67. The minimum atomic E-state index is -0.602. The molecule has 2 aliphatic heterocycles. The maximum atomic E-state index is 13.2. The van der Waals surface area contributed by atoms with Crippen molar-refractivity contribution >= 4 is 11.8 Å². The molecule has 3 rings (SSSR count). The maximum absolute atomic E-state index is 13.2. The molecule has 0 unspecified atom stereocenters. The predicted octanol–water partition coefficient (Wildman–Crippen LogP) is 4.75. The average molecular weight is 564 g/mol. The van der Waals surface area contributed by atoms with Gasteiger partial charge in [-0.2, -0.15) is 0 Å². The quantitative estimate of drug-likeness (QED) is 0.155. The van der Waals surface area contributed by atoms with Crippen LogP contribution in [-0.4, -0.2) is 89.6 Å². The SMILES string of the molecule is CCCCCCCC(=O)C[C@H](CN1CCCC1)[C@H](OC(=O)COCCOCCOC)c1ccc2c(c1)OCCO2. The van der Waals surface area contributed by atoms with Crippen LogP contribution in [0.5, 0.6) is 11.5 Å². The fourth-order valence-corrected chi connectivity index (χ4v) is 5.25. The Kier molecular flexibility index (Phi) is 15.4.